The highest BCUT2D eigenvalue weighted by Crippen LogP contribution is 2.34. The molecule has 0 saturated carbocycles. The van der Waals surface area contributed by atoms with Crippen LogP contribution in [0.2, 0.25) is 0 Å². The van der Waals surface area contributed by atoms with E-state index in [0.29, 0.717) is 18.3 Å². The third-order valence-electron chi connectivity index (χ3n) is 3.64. The standard InChI is InChI=1S/C19H10F5NO/c20-14-6-12(7-15(21)9-14)16-8-13(19(22,23)24)10-25-17(16)18(26)11-4-2-1-3-5-11/h1-10H. The van der Waals surface area contributed by atoms with Crippen LogP contribution in [0, 0.1) is 11.6 Å². The van der Waals surface area contributed by atoms with Gasteiger partial charge in [-0.25, -0.2) is 8.78 Å². The molecule has 1 aromatic heterocycles. The van der Waals surface area contributed by atoms with Crippen LogP contribution in [0.15, 0.2) is 60.8 Å². The number of hydrogen-bond donors (Lipinski definition) is 0. The van der Waals surface area contributed by atoms with E-state index in [1.165, 1.54) is 12.1 Å². The Bertz CT molecular complexity index is 947. The number of nitrogens with zero attached hydrogens (tertiary/aromatic N) is 1. The number of carbonyl (C=O) groups excluding carboxylic acids is 1. The normalized spacial score (nSPS) is 11.4. The molecule has 3 aromatic rings. The lowest BCUT2D eigenvalue weighted by Crippen LogP contribution is -2.11. The third kappa shape index (κ3) is 3.61. The molecular formula is C19H10F5NO. The molecule has 0 aliphatic carbocycles. The lowest BCUT2D eigenvalue weighted by atomic mass is 9.97. The van der Waals surface area contributed by atoms with Gasteiger partial charge in [0.25, 0.3) is 0 Å². The fourth-order valence-corrected chi connectivity index (χ4v) is 2.46. The quantitative estimate of drug-likeness (QED) is 0.468. The predicted molar refractivity (Wildman–Crippen MR) is 84.5 cm³/mol. The van der Waals surface area contributed by atoms with Crippen LogP contribution in [0.1, 0.15) is 21.6 Å². The van der Waals surface area contributed by atoms with E-state index in [4.69, 9.17) is 0 Å². The summed E-state index contributed by atoms with van der Waals surface area (Å²) in [5.41, 5.74) is -1.76. The molecule has 3 rings (SSSR count). The molecule has 0 bridgehead atoms. The Kier molecular flexibility index (Phi) is 4.54. The summed E-state index contributed by atoms with van der Waals surface area (Å²) in [4.78, 5) is 16.3. The average Bonchev–Trinajstić information content (AvgIpc) is 2.60. The summed E-state index contributed by atoms with van der Waals surface area (Å²) < 4.78 is 66.1. The van der Waals surface area contributed by atoms with E-state index in [2.05, 4.69) is 4.98 Å². The van der Waals surface area contributed by atoms with E-state index in [9.17, 15) is 26.7 Å². The minimum Gasteiger partial charge on any atom is -0.287 e. The molecule has 0 unspecified atom stereocenters. The maximum Gasteiger partial charge on any atom is 0.417 e. The molecule has 2 nitrogen and oxygen atoms in total. The summed E-state index contributed by atoms with van der Waals surface area (Å²) in [6.45, 7) is 0. The van der Waals surface area contributed by atoms with Crippen molar-refractivity contribution >= 4 is 5.78 Å². The van der Waals surface area contributed by atoms with Crippen molar-refractivity contribution in [3.63, 3.8) is 0 Å². The highest BCUT2D eigenvalue weighted by molar-refractivity contribution is 6.11. The van der Waals surface area contributed by atoms with E-state index < -0.39 is 29.2 Å². The van der Waals surface area contributed by atoms with Gasteiger partial charge < -0.3 is 0 Å². The monoisotopic (exact) mass is 363 g/mol. The number of ketones is 1. The van der Waals surface area contributed by atoms with Crippen LogP contribution in [-0.4, -0.2) is 10.8 Å². The minimum absolute atomic E-state index is 0.192. The smallest absolute Gasteiger partial charge is 0.287 e. The van der Waals surface area contributed by atoms with Gasteiger partial charge in [-0.2, -0.15) is 13.2 Å². The van der Waals surface area contributed by atoms with Crippen molar-refractivity contribution in [3.8, 4) is 11.1 Å². The maximum atomic E-state index is 13.5. The molecule has 0 atom stereocenters. The highest BCUT2D eigenvalue weighted by Gasteiger charge is 2.32. The second-order valence-electron chi connectivity index (χ2n) is 5.47. The molecular weight excluding hydrogens is 353 g/mol. The molecule has 0 fully saturated rings. The number of benzene rings is 2. The second-order valence-corrected chi connectivity index (χ2v) is 5.47. The number of halogens is 5. The zero-order chi connectivity index (χ0) is 18.9. The zero-order valence-corrected chi connectivity index (χ0v) is 13.0. The van der Waals surface area contributed by atoms with E-state index >= 15 is 0 Å². The fourth-order valence-electron chi connectivity index (χ4n) is 2.46. The van der Waals surface area contributed by atoms with Crippen LogP contribution in [0.3, 0.4) is 0 Å². The molecule has 132 valence electrons. The maximum absolute atomic E-state index is 13.5. The molecule has 0 saturated heterocycles. The van der Waals surface area contributed by atoms with Gasteiger partial charge in [0, 0.05) is 23.4 Å². The van der Waals surface area contributed by atoms with Crippen molar-refractivity contribution in [1.29, 1.82) is 0 Å². The summed E-state index contributed by atoms with van der Waals surface area (Å²) in [5.74, 6) is -2.61. The fraction of sp³-hybridized carbons (Fsp3) is 0.0526. The van der Waals surface area contributed by atoms with Crippen LogP contribution in [-0.2, 0) is 6.18 Å². The molecule has 0 aliphatic rings. The SMILES string of the molecule is O=C(c1ccccc1)c1ncc(C(F)(F)F)cc1-c1cc(F)cc(F)c1. The van der Waals surface area contributed by atoms with Crippen molar-refractivity contribution in [2.24, 2.45) is 0 Å². The van der Waals surface area contributed by atoms with E-state index in [1.54, 1.807) is 18.2 Å². The Hall–Kier alpha value is -3.09. The molecule has 0 N–H and O–H groups in total. The lowest BCUT2D eigenvalue weighted by Gasteiger charge is -2.13. The van der Waals surface area contributed by atoms with E-state index in [-0.39, 0.29) is 22.4 Å². The largest absolute Gasteiger partial charge is 0.417 e. The zero-order valence-electron chi connectivity index (χ0n) is 13.0. The van der Waals surface area contributed by atoms with E-state index in [0.717, 1.165) is 12.1 Å². The van der Waals surface area contributed by atoms with Crippen molar-refractivity contribution in [2.75, 3.05) is 0 Å². The summed E-state index contributed by atoms with van der Waals surface area (Å²) in [5, 5.41) is 0. The van der Waals surface area contributed by atoms with Gasteiger partial charge in [-0.05, 0) is 23.8 Å². The first-order valence-corrected chi connectivity index (χ1v) is 7.39. The molecule has 1 heterocycles. The van der Waals surface area contributed by atoms with Gasteiger partial charge in [0.2, 0.25) is 5.78 Å². The van der Waals surface area contributed by atoms with Gasteiger partial charge in [-0.3, -0.25) is 9.78 Å². The summed E-state index contributed by atoms with van der Waals surface area (Å²) in [6, 6.07) is 10.7. The molecule has 2 aromatic carbocycles. The predicted octanol–water partition coefficient (Wildman–Crippen LogP) is 5.28. The van der Waals surface area contributed by atoms with Gasteiger partial charge in [-0.15, -0.1) is 0 Å². The van der Waals surface area contributed by atoms with Crippen LogP contribution in [0.4, 0.5) is 22.0 Å². The summed E-state index contributed by atoms with van der Waals surface area (Å²) >= 11 is 0. The Morgan fingerprint density at radius 1 is 0.885 bits per heavy atom. The van der Waals surface area contributed by atoms with Crippen LogP contribution in [0.25, 0.3) is 11.1 Å². The molecule has 0 radical (unpaired) electrons. The average molecular weight is 363 g/mol. The molecule has 7 heteroatoms. The molecule has 26 heavy (non-hydrogen) atoms. The van der Waals surface area contributed by atoms with Gasteiger partial charge in [0.1, 0.15) is 17.3 Å². The van der Waals surface area contributed by atoms with Crippen molar-refractivity contribution < 1.29 is 26.7 Å². The number of pyridine rings is 1. The first kappa shape index (κ1) is 17.7. The Labute approximate surface area is 144 Å². The second kappa shape index (κ2) is 6.67. The molecule has 0 amide bonds. The Balaban J connectivity index is 2.23. The van der Waals surface area contributed by atoms with Crippen molar-refractivity contribution in [2.45, 2.75) is 6.18 Å². The van der Waals surface area contributed by atoms with Crippen LogP contribution < -0.4 is 0 Å². The van der Waals surface area contributed by atoms with Gasteiger partial charge in [0.15, 0.2) is 0 Å². The molecule has 0 spiro atoms. The number of aromatic nitrogens is 1. The van der Waals surface area contributed by atoms with Crippen LogP contribution in [0.5, 0.6) is 0 Å². The molecule has 0 aliphatic heterocycles. The summed E-state index contributed by atoms with van der Waals surface area (Å²) in [7, 11) is 0. The van der Waals surface area contributed by atoms with Gasteiger partial charge in [0.05, 0.1) is 5.56 Å². The third-order valence-corrected chi connectivity index (χ3v) is 3.64. The Morgan fingerprint density at radius 2 is 1.50 bits per heavy atom. The highest BCUT2D eigenvalue weighted by atomic mass is 19.4. The van der Waals surface area contributed by atoms with Crippen molar-refractivity contribution in [3.05, 3.63) is 89.2 Å². The summed E-state index contributed by atoms with van der Waals surface area (Å²) in [6.07, 6.45) is -4.20. The number of hydrogen-bond acceptors (Lipinski definition) is 2. The first-order chi connectivity index (χ1) is 12.3. The van der Waals surface area contributed by atoms with Crippen LogP contribution >= 0.6 is 0 Å². The number of alkyl halides is 3. The van der Waals surface area contributed by atoms with Crippen molar-refractivity contribution in [1.82, 2.24) is 4.98 Å². The lowest BCUT2D eigenvalue weighted by molar-refractivity contribution is -0.137. The first-order valence-electron chi connectivity index (χ1n) is 7.39. The van der Waals surface area contributed by atoms with Gasteiger partial charge >= 0.3 is 6.18 Å². The number of rotatable bonds is 3. The number of carbonyl (C=O) groups is 1. The van der Waals surface area contributed by atoms with Gasteiger partial charge in [-0.1, -0.05) is 30.3 Å². The Morgan fingerprint density at radius 3 is 2.08 bits per heavy atom. The van der Waals surface area contributed by atoms with E-state index in [1.807, 2.05) is 0 Å². The minimum atomic E-state index is -4.72. The topological polar surface area (TPSA) is 30.0 Å².